The number of ether oxygens (including phenoxy) is 1. The van der Waals surface area contributed by atoms with Crippen molar-refractivity contribution in [1.29, 1.82) is 0 Å². The molecule has 0 spiro atoms. The zero-order valence-corrected chi connectivity index (χ0v) is 11.9. The maximum atomic E-state index is 10.4. The van der Waals surface area contributed by atoms with Crippen molar-refractivity contribution in [2.45, 2.75) is 25.9 Å². The number of nitro benzene ring substituents is 1. The first-order valence-electron chi connectivity index (χ1n) is 6.55. The van der Waals surface area contributed by atoms with E-state index in [0.717, 1.165) is 24.7 Å². The van der Waals surface area contributed by atoms with Crippen LogP contribution in [0.25, 0.3) is 0 Å². The average molecular weight is 302 g/mol. The summed E-state index contributed by atoms with van der Waals surface area (Å²) >= 11 is 0. The minimum Gasteiger partial charge on any atom is -0.504 e. The van der Waals surface area contributed by atoms with Crippen LogP contribution in [0.15, 0.2) is 18.2 Å². The van der Waals surface area contributed by atoms with E-state index in [2.05, 4.69) is 6.92 Å². The van der Waals surface area contributed by atoms with Crippen LogP contribution in [0, 0.1) is 10.1 Å². The third kappa shape index (κ3) is 8.08. The third-order valence-electron chi connectivity index (χ3n) is 2.35. The lowest BCUT2D eigenvalue weighted by Gasteiger charge is -2.10. The number of aliphatic hydroxyl groups is 2. The second-order valence-electron chi connectivity index (χ2n) is 4.20. The number of non-ortho nitro benzene ring substituents is 1. The van der Waals surface area contributed by atoms with E-state index in [0.29, 0.717) is 0 Å². The number of phenolic OH excluding ortho intramolecular Hbond substituents is 1. The molecule has 0 aliphatic carbocycles. The van der Waals surface area contributed by atoms with E-state index in [9.17, 15) is 15.2 Å². The summed E-state index contributed by atoms with van der Waals surface area (Å²) in [6.07, 6.45) is 1.29. The Morgan fingerprint density at radius 2 is 2.14 bits per heavy atom. The fraction of sp³-hybridized carbons (Fsp3) is 0.538. The number of unbranched alkanes of at least 4 members (excludes halogenated alkanes) is 1. The van der Waals surface area contributed by atoms with Gasteiger partial charge >= 0.3 is 0 Å². The molecule has 0 radical (unpaired) electrons. The van der Waals surface area contributed by atoms with Gasteiger partial charge in [0.05, 0.1) is 17.6 Å². The topological polar surface area (TPSA) is 139 Å². The Morgan fingerprint density at radius 3 is 2.57 bits per heavy atom. The predicted octanol–water partition coefficient (Wildman–Crippen LogP) is 0.778. The number of phenols is 1. The number of nitro groups is 1. The number of hydrogen-bond acceptors (Lipinski definition) is 7. The van der Waals surface area contributed by atoms with Crippen molar-refractivity contribution < 1.29 is 25.0 Å². The Bertz CT molecular complexity index is 425. The van der Waals surface area contributed by atoms with E-state index in [4.69, 9.17) is 20.7 Å². The molecule has 1 unspecified atom stereocenters. The summed E-state index contributed by atoms with van der Waals surface area (Å²) in [5.41, 5.74) is 4.91. The molecule has 120 valence electrons. The molecule has 0 aromatic heterocycles. The van der Waals surface area contributed by atoms with E-state index in [1.165, 1.54) is 12.8 Å². The molecule has 0 fully saturated rings. The molecule has 8 heteroatoms. The minimum absolute atomic E-state index is 0.110. The Labute approximate surface area is 122 Å². The van der Waals surface area contributed by atoms with Crippen molar-refractivity contribution in [1.82, 2.24) is 0 Å². The van der Waals surface area contributed by atoms with Crippen LogP contribution in [0.3, 0.4) is 0 Å². The predicted molar refractivity (Wildman–Crippen MR) is 77.3 cm³/mol. The van der Waals surface area contributed by atoms with Crippen molar-refractivity contribution in [3.05, 3.63) is 28.3 Å². The van der Waals surface area contributed by atoms with Crippen LogP contribution in [-0.4, -0.2) is 46.1 Å². The summed E-state index contributed by atoms with van der Waals surface area (Å²) in [5.74, 6) is -0.377. The van der Waals surface area contributed by atoms with Crippen molar-refractivity contribution in [3.8, 4) is 11.5 Å². The van der Waals surface area contributed by atoms with Gasteiger partial charge in [-0.25, -0.2) is 0 Å². The molecule has 0 saturated carbocycles. The lowest BCUT2D eigenvalue weighted by atomic mass is 10.3. The monoisotopic (exact) mass is 302 g/mol. The fourth-order valence-corrected chi connectivity index (χ4v) is 1.17. The number of hydrogen-bond donors (Lipinski definition) is 4. The zero-order chi connectivity index (χ0) is 16.3. The first kappa shape index (κ1) is 19.1. The molecule has 1 aromatic carbocycles. The molecule has 0 amide bonds. The van der Waals surface area contributed by atoms with Gasteiger partial charge in [0.15, 0.2) is 11.5 Å². The minimum atomic E-state index is -1.10. The largest absolute Gasteiger partial charge is 0.504 e. The maximum Gasteiger partial charge on any atom is 0.273 e. The van der Waals surface area contributed by atoms with Crippen molar-refractivity contribution >= 4 is 5.69 Å². The number of nitrogens with zero attached hydrogens (tertiary/aromatic N) is 1. The van der Waals surface area contributed by atoms with Gasteiger partial charge in [-0.1, -0.05) is 13.3 Å². The highest BCUT2D eigenvalue weighted by molar-refractivity contribution is 5.47. The first-order valence-corrected chi connectivity index (χ1v) is 6.55. The van der Waals surface area contributed by atoms with Gasteiger partial charge in [0.25, 0.3) is 5.69 Å². The van der Waals surface area contributed by atoms with Gasteiger partial charge in [-0.3, -0.25) is 10.1 Å². The number of aromatic hydroxyl groups is 1. The average Bonchev–Trinajstić information content (AvgIpc) is 2.47. The van der Waals surface area contributed by atoms with Gasteiger partial charge in [-0.2, -0.15) is 0 Å². The molecule has 21 heavy (non-hydrogen) atoms. The number of nitrogens with two attached hydrogens (primary N) is 1. The summed E-state index contributed by atoms with van der Waals surface area (Å²) in [6.45, 7) is 2.23. The highest BCUT2D eigenvalue weighted by Crippen LogP contribution is 2.30. The second-order valence-corrected chi connectivity index (χ2v) is 4.20. The highest BCUT2D eigenvalue weighted by Gasteiger charge is 2.12. The normalized spacial score (nSPS) is 11.2. The number of benzene rings is 1. The molecule has 1 atom stereocenters. The summed E-state index contributed by atoms with van der Waals surface area (Å²) in [5, 5.41) is 37.3. The molecule has 0 saturated heterocycles. The van der Waals surface area contributed by atoms with Crippen LogP contribution in [0.1, 0.15) is 19.8 Å². The van der Waals surface area contributed by atoms with Crippen LogP contribution in [0.5, 0.6) is 11.5 Å². The van der Waals surface area contributed by atoms with Crippen LogP contribution < -0.4 is 10.5 Å². The summed E-state index contributed by atoms with van der Waals surface area (Å²) in [4.78, 5) is 9.81. The molecular formula is C13H22N2O6. The van der Waals surface area contributed by atoms with E-state index >= 15 is 0 Å². The van der Waals surface area contributed by atoms with E-state index < -0.39 is 17.6 Å². The van der Waals surface area contributed by atoms with Gasteiger partial charge in [-0.05, 0) is 19.0 Å². The quantitative estimate of drug-likeness (QED) is 0.431. The first-order chi connectivity index (χ1) is 9.96. The summed E-state index contributed by atoms with van der Waals surface area (Å²) in [6, 6.07) is 3.29. The smallest absolute Gasteiger partial charge is 0.273 e. The molecule has 0 aliphatic heterocycles. The molecule has 5 N–H and O–H groups in total. The lowest BCUT2D eigenvalue weighted by molar-refractivity contribution is -0.385. The van der Waals surface area contributed by atoms with Crippen LogP contribution >= 0.6 is 0 Å². The van der Waals surface area contributed by atoms with E-state index in [1.807, 2.05) is 0 Å². The van der Waals surface area contributed by atoms with Gasteiger partial charge in [0, 0.05) is 6.07 Å². The molecule has 0 bridgehead atoms. The van der Waals surface area contributed by atoms with E-state index in [-0.39, 0.29) is 23.8 Å². The Morgan fingerprint density at radius 1 is 1.48 bits per heavy atom. The van der Waals surface area contributed by atoms with Crippen LogP contribution in [0.2, 0.25) is 0 Å². The van der Waals surface area contributed by atoms with Gasteiger partial charge in [0.1, 0.15) is 12.7 Å². The highest BCUT2D eigenvalue weighted by atomic mass is 16.6. The second kappa shape index (κ2) is 10.8. The van der Waals surface area contributed by atoms with Gasteiger partial charge in [0.2, 0.25) is 0 Å². The van der Waals surface area contributed by atoms with Gasteiger partial charge in [-0.15, -0.1) is 0 Å². The molecule has 1 aromatic rings. The molecule has 1 rings (SSSR count). The van der Waals surface area contributed by atoms with Crippen molar-refractivity contribution in [2.75, 3.05) is 19.8 Å². The fourth-order valence-electron chi connectivity index (χ4n) is 1.17. The Balaban J connectivity index is 0.000000690. The van der Waals surface area contributed by atoms with Crippen LogP contribution in [0.4, 0.5) is 5.69 Å². The number of rotatable bonds is 7. The molecule has 0 heterocycles. The summed E-state index contributed by atoms with van der Waals surface area (Å²) < 4.78 is 4.92. The Kier molecular flexibility index (Phi) is 9.86. The number of aliphatic hydroxyl groups excluding tert-OH is 2. The zero-order valence-electron chi connectivity index (χ0n) is 11.9. The van der Waals surface area contributed by atoms with Gasteiger partial charge < -0.3 is 25.8 Å². The van der Waals surface area contributed by atoms with Crippen molar-refractivity contribution in [2.24, 2.45) is 5.73 Å². The Hall–Kier alpha value is -1.90. The van der Waals surface area contributed by atoms with Crippen molar-refractivity contribution in [3.63, 3.8) is 0 Å². The molecule has 0 aliphatic rings. The van der Waals surface area contributed by atoms with Crippen LogP contribution in [-0.2, 0) is 0 Å². The van der Waals surface area contributed by atoms with E-state index in [1.54, 1.807) is 0 Å². The maximum absolute atomic E-state index is 10.4. The third-order valence-corrected chi connectivity index (χ3v) is 2.35. The molecule has 8 nitrogen and oxygen atoms in total. The lowest BCUT2D eigenvalue weighted by Crippen LogP contribution is -2.21. The molecular weight excluding hydrogens is 280 g/mol. The standard InChI is InChI=1S/C9H11NO6.C4H11N/c11-4-7(12)5-16-9-3-6(10(14)15)1-2-8(9)13;1-2-3-4-5/h1-3,7,11-13H,4-5H2;2-5H2,1H3. The summed E-state index contributed by atoms with van der Waals surface area (Å²) in [7, 11) is 0. The SMILES string of the molecule is CCCCN.O=[N+]([O-])c1ccc(O)c(OCC(O)CO)c1.